The summed E-state index contributed by atoms with van der Waals surface area (Å²) in [5, 5.41) is 3.26. The minimum Gasteiger partial charge on any atom is -0.354 e. The molecule has 0 radical (unpaired) electrons. The largest absolute Gasteiger partial charge is 0.354 e. The van der Waals surface area contributed by atoms with Gasteiger partial charge < -0.3 is 10.2 Å². The highest BCUT2D eigenvalue weighted by molar-refractivity contribution is 5.46. The molecule has 2 heterocycles. The van der Waals surface area contributed by atoms with Crippen molar-refractivity contribution in [2.45, 2.75) is 19.4 Å². The van der Waals surface area contributed by atoms with Crippen LogP contribution < -0.4 is 10.2 Å². The fourth-order valence-electron chi connectivity index (χ4n) is 3.27. The molecule has 4 rings (SSSR count). The van der Waals surface area contributed by atoms with Gasteiger partial charge in [-0.3, -0.25) is 0 Å². The maximum Gasteiger partial charge on any atom is 0.224 e. The van der Waals surface area contributed by atoms with E-state index in [1.807, 2.05) is 6.07 Å². The lowest BCUT2D eigenvalue weighted by Gasteiger charge is -2.29. The molecule has 0 fully saturated rings. The highest BCUT2D eigenvalue weighted by Crippen LogP contribution is 2.23. The van der Waals surface area contributed by atoms with Gasteiger partial charge >= 0.3 is 0 Å². The molecule has 0 saturated heterocycles. The summed E-state index contributed by atoms with van der Waals surface area (Å²) in [5.74, 6) is 1.36. The molecule has 4 nitrogen and oxygen atoms in total. The smallest absolute Gasteiger partial charge is 0.224 e. The number of hydrogen-bond donors (Lipinski definition) is 1. The lowest BCUT2D eigenvalue weighted by Crippen LogP contribution is -2.31. The van der Waals surface area contributed by atoms with Crippen LogP contribution in [-0.2, 0) is 19.4 Å². The molecule has 0 bridgehead atoms. The highest BCUT2D eigenvalue weighted by atomic mass is 19.1. The van der Waals surface area contributed by atoms with Crippen molar-refractivity contribution >= 4 is 11.8 Å². The van der Waals surface area contributed by atoms with Crippen molar-refractivity contribution in [2.24, 2.45) is 0 Å². The second-order valence-electron chi connectivity index (χ2n) is 6.48. The van der Waals surface area contributed by atoms with Gasteiger partial charge in [-0.1, -0.05) is 36.4 Å². The summed E-state index contributed by atoms with van der Waals surface area (Å²) in [6, 6.07) is 17.1. The maximum absolute atomic E-state index is 12.9. The molecular formula is C21H21FN4. The van der Waals surface area contributed by atoms with E-state index in [0.29, 0.717) is 12.5 Å². The second kappa shape index (κ2) is 7.52. The zero-order chi connectivity index (χ0) is 17.8. The summed E-state index contributed by atoms with van der Waals surface area (Å²) in [7, 11) is 0. The first-order valence-corrected chi connectivity index (χ1v) is 8.91. The summed E-state index contributed by atoms with van der Waals surface area (Å²) in [5.41, 5.74) is 3.88. The van der Waals surface area contributed by atoms with Gasteiger partial charge in [0.05, 0.1) is 0 Å². The van der Waals surface area contributed by atoms with Gasteiger partial charge in [0.15, 0.2) is 0 Å². The Kier molecular flexibility index (Phi) is 4.78. The molecule has 0 atom stereocenters. The quantitative estimate of drug-likeness (QED) is 0.761. The van der Waals surface area contributed by atoms with Crippen LogP contribution in [0.1, 0.15) is 16.7 Å². The molecule has 0 unspecified atom stereocenters. The van der Waals surface area contributed by atoms with Crippen LogP contribution in [0.4, 0.5) is 16.2 Å². The predicted molar refractivity (Wildman–Crippen MR) is 102 cm³/mol. The summed E-state index contributed by atoms with van der Waals surface area (Å²) in [6.45, 7) is 2.54. The molecule has 0 aliphatic carbocycles. The monoisotopic (exact) mass is 348 g/mol. The predicted octanol–water partition coefficient (Wildman–Crippen LogP) is 3.83. The van der Waals surface area contributed by atoms with Crippen LogP contribution in [0.25, 0.3) is 0 Å². The van der Waals surface area contributed by atoms with Crippen molar-refractivity contribution in [3.05, 3.63) is 83.3 Å². The van der Waals surface area contributed by atoms with Gasteiger partial charge in [-0.25, -0.2) is 9.37 Å². The van der Waals surface area contributed by atoms with Crippen molar-refractivity contribution in [1.82, 2.24) is 9.97 Å². The van der Waals surface area contributed by atoms with Gasteiger partial charge in [0.2, 0.25) is 5.95 Å². The van der Waals surface area contributed by atoms with Crippen LogP contribution in [0.5, 0.6) is 0 Å². The number of halogens is 1. The zero-order valence-electron chi connectivity index (χ0n) is 14.5. The molecule has 1 aliphatic rings. The molecule has 0 spiro atoms. The van der Waals surface area contributed by atoms with Crippen LogP contribution in [0, 0.1) is 5.82 Å². The fourth-order valence-corrected chi connectivity index (χ4v) is 3.27. The Morgan fingerprint density at radius 2 is 1.81 bits per heavy atom. The van der Waals surface area contributed by atoms with E-state index < -0.39 is 0 Å². The Bertz CT molecular complexity index is 879. The van der Waals surface area contributed by atoms with E-state index in [1.54, 1.807) is 18.3 Å². The average molecular weight is 348 g/mol. The van der Waals surface area contributed by atoms with Crippen LogP contribution in [0.3, 0.4) is 0 Å². The summed E-state index contributed by atoms with van der Waals surface area (Å²) < 4.78 is 12.9. The number of rotatable bonds is 5. The first-order chi connectivity index (χ1) is 12.8. The number of benzene rings is 2. The minimum atomic E-state index is -0.208. The van der Waals surface area contributed by atoms with Gasteiger partial charge in [0.1, 0.15) is 11.6 Å². The lowest BCUT2D eigenvalue weighted by atomic mass is 10.00. The first-order valence-electron chi connectivity index (χ1n) is 8.91. The number of fused-ring (bicyclic) bond motifs is 1. The Morgan fingerprint density at radius 3 is 2.65 bits per heavy atom. The topological polar surface area (TPSA) is 41.1 Å². The Hall–Kier alpha value is -2.95. The maximum atomic E-state index is 12.9. The highest BCUT2D eigenvalue weighted by Gasteiger charge is 2.17. The van der Waals surface area contributed by atoms with E-state index in [2.05, 4.69) is 44.5 Å². The molecule has 132 valence electrons. The van der Waals surface area contributed by atoms with Gasteiger partial charge in [-0.2, -0.15) is 4.98 Å². The van der Waals surface area contributed by atoms with E-state index in [4.69, 9.17) is 0 Å². The van der Waals surface area contributed by atoms with Crippen molar-refractivity contribution in [1.29, 1.82) is 0 Å². The molecule has 2 aromatic carbocycles. The zero-order valence-corrected chi connectivity index (χ0v) is 14.5. The fraction of sp³-hybridized carbons (Fsp3) is 0.238. The third-order valence-corrected chi connectivity index (χ3v) is 4.71. The standard InChI is InChI=1S/C21H21FN4/c22-19-7-5-16(6-8-19)9-12-23-21-24-13-10-20(25-21)26-14-11-17-3-1-2-4-18(17)15-26/h1-8,10,13H,9,11-12,14-15H2,(H,23,24,25). The second-order valence-corrected chi connectivity index (χ2v) is 6.48. The molecule has 26 heavy (non-hydrogen) atoms. The molecule has 1 aromatic heterocycles. The number of nitrogens with one attached hydrogen (secondary N) is 1. The van der Waals surface area contributed by atoms with E-state index >= 15 is 0 Å². The third-order valence-electron chi connectivity index (χ3n) is 4.71. The van der Waals surface area contributed by atoms with Crippen molar-refractivity contribution in [3.8, 4) is 0 Å². The molecular weight excluding hydrogens is 327 g/mol. The van der Waals surface area contributed by atoms with Gasteiger partial charge in [0.25, 0.3) is 0 Å². The average Bonchev–Trinajstić information content (AvgIpc) is 2.69. The van der Waals surface area contributed by atoms with E-state index in [9.17, 15) is 4.39 Å². The molecule has 0 amide bonds. The normalized spacial score (nSPS) is 13.3. The van der Waals surface area contributed by atoms with Gasteiger partial charge in [0, 0.05) is 25.8 Å². The molecule has 1 N–H and O–H groups in total. The summed E-state index contributed by atoms with van der Waals surface area (Å²) >= 11 is 0. The Morgan fingerprint density at radius 1 is 1.00 bits per heavy atom. The van der Waals surface area contributed by atoms with Crippen molar-refractivity contribution in [3.63, 3.8) is 0 Å². The van der Waals surface area contributed by atoms with E-state index in [-0.39, 0.29) is 5.82 Å². The SMILES string of the molecule is Fc1ccc(CCNc2nccc(N3CCc4ccccc4C3)n2)cc1. The van der Waals surface area contributed by atoms with Crippen LogP contribution in [-0.4, -0.2) is 23.1 Å². The van der Waals surface area contributed by atoms with Crippen LogP contribution in [0.2, 0.25) is 0 Å². The number of anilines is 2. The number of nitrogens with zero attached hydrogens (tertiary/aromatic N) is 3. The summed E-state index contributed by atoms with van der Waals surface area (Å²) in [6.07, 6.45) is 3.63. The van der Waals surface area contributed by atoms with E-state index in [0.717, 1.165) is 37.3 Å². The van der Waals surface area contributed by atoms with Crippen molar-refractivity contribution < 1.29 is 4.39 Å². The minimum absolute atomic E-state index is 0.208. The molecule has 0 saturated carbocycles. The first kappa shape index (κ1) is 16.5. The third kappa shape index (κ3) is 3.82. The lowest BCUT2D eigenvalue weighted by molar-refractivity contribution is 0.627. The number of hydrogen-bond acceptors (Lipinski definition) is 4. The van der Waals surface area contributed by atoms with Gasteiger partial charge in [-0.15, -0.1) is 0 Å². The molecule has 1 aliphatic heterocycles. The Balaban J connectivity index is 1.38. The Labute approximate surface area is 152 Å². The van der Waals surface area contributed by atoms with Crippen LogP contribution in [0.15, 0.2) is 60.8 Å². The number of aromatic nitrogens is 2. The van der Waals surface area contributed by atoms with Crippen LogP contribution >= 0.6 is 0 Å². The van der Waals surface area contributed by atoms with Crippen molar-refractivity contribution in [2.75, 3.05) is 23.3 Å². The molecule has 3 aromatic rings. The summed E-state index contributed by atoms with van der Waals surface area (Å²) in [4.78, 5) is 11.3. The molecule has 5 heteroatoms. The van der Waals surface area contributed by atoms with E-state index in [1.165, 1.54) is 23.3 Å². The van der Waals surface area contributed by atoms with Gasteiger partial charge in [-0.05, 0) is 47.7 Å².